The summed E-state index contributed by atoms with van der Waals surface area (Å²) >= 11 is 0. The van der Waals surface area contributed by atoms with E-state index in [1.165, 1.54) is 10.6 Å². The first-order valence-electron chi connectivity index (χ1n) is 3.52. The largest absolute Gasteiger partial charge is 0.154 e. The second-order valence-corrected chi connectivity index (χ2v) is 4.56. The van der Waals surface area contributed by atoms with Gasteiger partial charge < -0.3 is 0 Å². The van der Waals surface area contributed by atoms with Crippen molar-refractivity contribution in [3.05, 3.63) is 30.3 Å². The maximum absolute atomic E-state index is 2.29. The molecular formula is C9H13S+. The minimum Gasteiger partial charge on any atom is -0.0619 e. The lowest BCUT2D eigenvalue weighted by Crippen LogP contribution is -2.00. The highest BCUT2D eigenvalue weighted by Gasteiger charge is 2.09. The monoisotopic (exact) mass is 153 g/mol. The minimum absolute atomic E-state index is 0.460. The molecule has 0 amide bonds. The van der Waals surface area contributed by atoms with E-state index in [1.54, 1.807) is 0 Å². The van der Waals surface area contributed by atoms with Crippen molar-refractivity contribution in [3.63, 3.8) is 0 Å². The number of hydrogen-bond acceptors (Lipinski definition) is 0. The third kappa shape index (κ3) is 1.77. The van der Waals surface area contributed by atoms with Gasteiger partial charge in [-0.1, -0.05) is 18.2 Å². The van der Waals surface area contributed by atoms with Crippen LogP contribution in [0.3, 0.4) is 0 Å². The van der Waals surface area contributed by atoms with Crippen LogP contribution in [0.15, 0.2) is 35.2 Å². The molecule has 1 unspecified atom stereocenters. The molecule has 0 heterocycles. The average Bonchev–Trinajstić information content (AvgIpc) is 2.05. The van der Waals surface area contributed by atoms with Crippen molar-refractivity contribution in [1.29, 1.82) is 0 Å². The summed E-state index contributed by atoms with van der Waals surface area (Å²) in [6.07, 6.45) is 2.29. The van der Waals surface area contributed by atoms with E-state index in [0.29, 0.717) is 10.9 Å². The summed E-state index contributed by atoms with van der Waals surface area (Å²) in [5, 5.41) is 0. The molecule has 1 atom stereocenters. The van der Waals surface area contributed by atoms with Gasteiger partial charge in [-0.05, 0) is 19.1 Å². The van der Waals surface area contributed by atoms with Gasteiger partial charge in [-0.3, -0.25) is 0 Å². The van der Waals surface area contributed by atoms with Crippen LogP contribution in [0.25, 0.3) is 0 Å². The zero-order valence-electron chi connectivity index (χ0n) is 6.50. The van der Waals surface area contributed by atoms with E-state index in [0.717, 1.165) is 0 Å². The maximum atomic E-state index is 2.29. The second-order valence-electron chi connectivity index (χ2n) is 2.24. The molecule has 0 aliphatic carbocycles. The third-order valence-corrected chi connectivity index (χ3v) is 3.52. The van der Waals surface area contributed by atoms with Gasteiger partial charge in [0.15, 0.2) is 4.90 Å². The van der Waals surface area contributed by atoms with Crippen LogP contribution < -0.4 is 0 Å². The van der Waals surface area contributed by atoms with E-state index in [1.807, 2.05) is 0 Å². The number of benzene rings is 1. The van der Waals surface area contributed by atoms with Crippen molar-refractivity contribution in [2.24, 2.45) is 0 Å². The summed E-state index contributed by atoms with van der Waals surface area (Å²) in [5.74, 6) is 1.25. The highest BCUT2D eigenvalue weighted by molar-refractivity contribution is 7.96. The average molecular weight is 153 g/mol. The van der Waals surface area contributed by atoms with E-state index in [9.17, 15) is 0 Å². The Kier molecular flexibility index (Phi) is 2.82. The molecule has 0 fully saturated rings. The van der Waals surface area contributed by atoms with E-state index in [4.69, 9.17) is 0 Å². The van der Waals surface area contributed by atoms with Gasteiger partial charge in [-0.25, -0.2) is 0 Å². The Morgan fingerprint density at radius 3 is 2.30 bits per heavy atom. The molecule has 10 heavy (non-hydrogen) atoms. The van der Waals surface area contributed by atoms with Crippen molar-refractivity contribution < 1.29 is 0 Å². The SMILES string of the molecule is CC[S+](C)c1ccccc1. The Bertz CT molecular complexity index is 181. The minimum atomic E-state index is 0.460. The molecule has 0 aliphatic heterocycles. The predicted octanol–water partition coefficient (Wildman–Crippen LogP) is 2.31. The molecule has 0 radical (unpaired) electrons. The van der Waals surface area contributed by atoms with Gasteiger partial charge in [-0.15, -0.1) is 0 Å². The molecule has 1 rings (SSSR count). The Morgan fingerprint density at radius 2 is 1.80 bits per heavy atom. The fourth-order valence-corrected chi connectivity index (χ4v) is 1.77. The quantitative estimate of drug-likeness (QED) is 0.572. The molecule has 0 nitrogen and oxygen atoms in total. The molecule has 0 N–H and O–H groups in total. The number of rotatable bonds is 2. The summed E-state index contributed by atoms with van der Waals surface area (Å²) in [5.41, 5.74) is 0. The number of hydrogen-bond donors (Lipinski definition) is 0. The zero-order valence-corrected chi connectivity index (χ0v) is 7.32. The van der Waals surface area contributed by atoms with Gasteiger partial charge in [0.2, 0.25) is 0 Å². The van der Waals surface area contributed by atoms with Gasteiger partial charge in [0.05, 0.1) is 0 Å². The fraction of sp³-hybridized carbons (Fsp3) is 0.333. The molecule has 0 aromatic heterocycles. The summed E-state index contributed by atoms with van der Waals surface area (Å²) in [7, 11) is 0.460. The van der Waals surface area contributed by atoms with Crippen molar-refractivity contribution in [1.82, 2.24) is 0 Å². The Labute approximate surface area is 65.6 Å². The molecule has 0 saturated carbocycles. The molecule has 0 spiro atoms. The van der Waals surface area contributed by atoms with Gasteiger partial charge in [0, 0.05) is 10.9 Å². The molecular weight excluding hydrogens is 140 g/mol. The van der Waals surface area contributed by atoms with Gasteiger partial charge >= 0.3 is 0 Å². The van der Waals surface area contributed by atoms with Gasteiger partial charge in [0.1, 0.15) is 12.0 Å². The normalized spacial score (nSPS) is 13.0. The fourth-order valence-electron chi connectivity index (χ4n) is 0.819. The summed E-state index contributed by atoms with van der Waals surface area (Å²) in [4.78, 5) is 1.48. The standard InChI is InChI=1S/C9H13S/c1-3-10(2)9-7-5-4-6-8-9/h4-8H,3H2,1-2H3/q+1. The first-order valence-corrected chi connectivity index (χ1v) is 5.32. The van der Waals surface area contributed by atoms with Crippen LogP contribution in [0.1, 0.15) is 6.92 Å². The van der Waals surface area contributed by atoms with Crippen LogP contribution in [-0.4, -0.2) is 12.0 Å². The van der Waals surface area contributed by atoms with E-state index >= 15 is 0 Å². The summed E-state index contributed by atoms with van der Waals surface area (Å²) < 4.78 is 0. The van der Waals surface area contributed by atoms with Crippen LogP contribution in [-0.2, 0) is 10.9 Å². The van der Waals surface area contributed by atoms with Gasteiger partial charge in [0.25, 0.3) is 0 Å². The highest BCUT2D eigenvalue weighted by Crippen LogP contribution is 2.09. The first-order chi connectivity index (χ1) is 4.84. The summed E-state index contributed by atoms with van der Waals surface area (Å²) in [6, 6.07) is 10.7. The third-order valence-electron chi connectivity index (χ3n) is 1.58. The smallest absolute Gasteiger partial charge is 0.0619 e. The summed E-state index contributed by atoms with van der Waals surface area (Å²) in [6.45, 7) is 2.23. The first kappa shape index (κ1) is 7.67. The van der Waals surface area contributed by atoms with Crippen LogP contribution in [0.5, 0.6) is 0 Å². The lowest BCUT2D eigenvalue weighted by molar-refractivity contribution is 1.40. The zero-order chi connectivity index (χ0) is 7.40. The highest BCUT2D eigenvalue weighted by atomic mass is 32.2. The molecule has 1 heteroatoms. The van der Waals surface area contributed by atoms with Crippen molar-refractivity contribution in [2.45, 2.75) is 11.8 Å². The molecule has 54 valence electrons. The molecule has 0 bridgehead atoms. The second kappa shape index (κ2) is 3.67. The maximum Gasteiger partial charge on any atom is 0.154 e. The van der Waals surface area contributed by atoms with Crippen LogP contribution in [0.4, 0.5) is 0 Å². The lowest BCUT2D eigenvalue weighted by atomic mass is 10.4. The van der Waals surface area contributed by atoms with Crippen molar-refractivity contribution in [2.75, 3.05) is 12.0 Å². The van der Waals surface area contributed by atoms with E-state index < -0.39 is 0 Å². The molecule has 0 aliphatic rings. The van der Waals surface area contributed by atoms with Crippen LogP contribution in [0, 0.1) is 0 Å². The Hall–Kier alpha value is -0.430. The van der Waals surface area contributed by atoms with E-state index in [-0.39, 0.29) is 0 Å². The lowest BCUT2D eigenvalue weighted by Gasteiger charge is -1.96. The Balaban J connectivity index is 2.75. The van der Waals surface area contributed by atoms with Crippen LogP contribution in [0.2, 0.25) is 0 Å². The van der Waals surface area contributed by atoms with Crippen molar-refractivity contribution in [3.8, 4) is 0 Å². The molecule has 0 saturated heterocycles. The molecule has 1 aromatic carbocycles. The predicted molar refractivity (Wildman–Crippen MR) is 48.5 cm³/mol. The van der Waals surface area contributed by atoms with Crippen molar-refractivity contribution >= 4 is 10.9 Å². The van der Waals surface area contributed by atoms with Gasteiger partial charge in [-0.2, -0.15) is 0 Å². The van der Waals surface area contributed by atoms with Crippen LogP contribution >= 0.6 is 0 Å². The Morgan fingerprint density at radius 1 is 1.20 bits per heavy atom. The topological polar surface area (TPSA) is 0 Å². The van der Waals surface area contributed by atoms with E-state index in [2.05, 4.69) is 43.5 Å². The molecule has 1 aromatic rings.